The molecule has 2 heterocycles. The van der Waals surface area contributed by atoms with Gasteiger partial charge in [-0.05, 0) is 30.5 Å². The molecule has 1 aromatic heterocycles. The van der Waals surface area contributed by atoms with Crippen molar-refractivity contribution in [2.75, 3.05) is 18.0 Å². The monoisotopic (exact) mass is 296 g/mol. The summed E-state index contributed by atoms with van der Waals surface area (Å²) < 4.78 is 1.34. The van der Waals surface area contributed by atoms with E-state index in [1.165, 1.54) is 29.3 Å². The maximum Gasteiger partial charge on any atom is 0.328 e. The highest BCUT2D eigenvalue weighted by Crippen LogP contribution is 2.20. The molecule has 1 N–H and O–H groups in total. The minimum absolute atomic E-state index is 0.0618. The van der Waals surface area contributed by atoms with Crippen molar-refractivity contribution in [2.24, 2.45) is 0 Å². The van der Waals surface area contributed by atoms with E-state index >= 15 is 0 Å². The molecule has 1 aliphatic heterocycles. The van der Waals surface area contributed by atoms with E-state index in [0.29, 0.717) is 6.54 Å². The molecule has 1 saturated heterocycles. The highest BCUT2D eigenvalue weighted by Gasteiger charge is 2.12. The first kappa shape index (κ1) is 14.1. The molecule has 6 nitrogen and oxygen atoms in total. The lowest BCUT2D eigenvalue weighted by molar-refractivity contribution is 0.717. The molecule has 112 valence electrons. The first-order valence-corrected chi connectivity index (χ1v) is 7.25. The number of nitrogens with zero attached hydrogens (tertiary/aromatic N) is 3. The van der Waals surface area contributed by atoms with E-state index in [4.69, 9.17) is 5.26 Å². The van der Waals surface area contributed by atoms with Gasteiger partial charge in [0.05, 0.1) is 6.54 Å². The molecule has 0 saturated carbocycles. The third-order valence-corrected chi connectivity index (χ3v) is 3.89. The molecule has 0 unspecified atom stereocenters. The molecular formula is C16H16N4O2. The van der Waals surface area contributed by atoms with Gasteiger partial charge >= 0.3 is 5.69 Å². The normalized spacial score (nSPS) is 14.0. The lowest BCUT2D eigenvalue weighted by Gasteiger charge is -2.17. The van der Waals surface area contributed by atoms with E-state index < -0.39 is 11.2 Å². The van der Waals surface area contributed by atoms with Crippen LogP contribution in [0.2, 0.25) is 0 Å². The second kappa shape index (κ2) is 5.90. The van der Waals surface area contributed by atoms with Crippen LogP contribution < -0.4 is 16.1 Å². The Labute approximate surface area is 127 Å². The topological polar surface area (TPSA) is 81.9 Å². The summed E-state index contributed by atoms with van der Waals surface area (Å²) >= 11 is 0. The number of nitriles is 1. The third kappa shape index (κ3) is 2.79. The van der Waals surface area contributed by atoms with Gasteiger partial charge in [0.1, 0.15) is 11.6 Å². The van der Waals surface area contributed by atoms with Gasteiger partial charge in [0.25, 0.3) is 5.56 Å². The van der Waals surface area contributed by atoms with Crippen LogP contribution in [0.15, 0.2) is 40.1 Å². The average molecular weight is 296 g/mol. The van der Waals surface area contributed by atoms with Gasteiger partial charge in [0.15, 0.2) is 0 Å². The van der Waals surface area contributed by atoms with Crippen LogP contribution >= 0.6 is 0 Å². The van der Waals surface area contributed by atoms with E-state index in [0.717, 1.165) is 18.7 Å². The summed E-state index contributed by atoms with van der Waals surface area (Å²) in [5, 5.41) is 8.87. The summed E-state index contributed by atoms with van der Waals surface area (Å²) in [6.07, 6.45) is 3.76. The number of H-pyrrole nitrogens is 1. The number of anilines is 1. The van der Waals surface area contributed by atoms with Gasteiger partial charge in [-0.15, -0.1) is 0 Å². The van der Waals surface area contributed by atoms with Gasteiger partial charge in [-0.1, -0.05) is 12.1 Å². The second-order valence-corrected chi connectivity index (χ2v) is 5.40. The summed E-state index contributed by atoms with van der Waals surface area (Å²) in [4.78, 5) is 27.6. The Balaban J connectivity index is 1.83. The number of hydrogen-bond donors (Lipinski definition) is 1. The van der Waals surface area contributed by atoms with E-state index in [9.17, 15) is 9.59 Å². The van der Waals surface area contributed by atoms with Crippen LogP contribution in [0.25, 0.3) is 0 Å². The number of aromatic nitrogens is 2. The summed E-state index contributed by atoms with van der Waals surface area (Å²) in [5.41, 5.74) is 0.919. The van der Waals surface area contributed by atoms with Crippen molar-refractivity contribution in [3.05, 3.63) is 62.4 Å². The molecule has 1 aliphatic rings. The van der Waals surface area contributed by atoms with Crippen LogP contribution in [0.4, 0.5) is 5.69 Å². The van der Waals surface area contributed by atoms with Crippen molar-refractivity contribution >= 4 is 5.69 Å². The Morgan fingerprint density at radius 3 is 2.45 bits per heavy atom. The molecular weight excluding hydrogens is 280 g/mol. The molecule has 1 aromatic carbocycles. The quantitative estimate of drug-likeness (QED) is 0.918. The standard InChI is InChI=1S/C16H16N4O2/c17-9-13-11-20(16(22)18-15(13)21)10-12-3-5-14(6-4-12)19-7-1-2-8-19/h3-6,11H,1-2,7-8,10H2,(H,18,21,22). The molecule has 2 aromatic rings. The number of nitrogens with one attached hydrogen (secondary N) is 1. The van der Waals surface area contributed by atoms with E-state index in [-0.39, 0.29) is 5.56 Å². The Kier molecular flexibility index (Phi) is 3.79. The van der Waals surface area contributed by atoms with Gasteiger partial charge in [0, 0.05) is 25.0 Å². The van der Waals surface area contributed by atoms with Gasteiger partial charge in [-0.25, -0.2) is 4.79 Å². The first-order valence-electron chi connectivity index (χ1n) is 7.25. The Bertz CT molecular complexity index is 821. The zero-order chi connectivity index (χ0) is 15.5. The van der Waals surface area contributed by atoms with Gasteiger partial charge in [0.2, 0.25) is 0 Å². The first-order chi connectivity index (χ1) is 10.7. The SMILES string of the molecule is N#Cc1cn(Cc2ccc(N3CCCC3)cc2)c(=O)[nH]c1=O. The molecule has 0 atom stereocenters. The molecule has 3 rings (SSSR count). The van der Waals surface area contributed by atoms with Gasteiger partial charge < -0.3 is 4.90 Å². The van der Waals surface area contributed by atoms with Crippen LogP contribution in [-0.4, -0.2) is 22.6 Å². The number of benzene rings is 1. The summed E-state index contributed by atoms with van der Waals surface area (Å²) in [5.74, 6) is 0. The van der Waals surface area contributed by atoms with Crippen LogP contribution in [0.5, 0.6) is 0 Å². The Hall–Kier alpha value is -2.81. The zero-order valence-corrected chi connectivity index (χ0v) is 12.1. The highest BCUT2D eigenvalue weighted by atomic mass is 16.2. The minimum Gasteiger partial charge on any atom is -0.372 e. The van der Waals surface area contributed by atoms with Crippen LogP contribution in [0, 0.1) is 11.3 Å². The number of hydrogen-bond acceptors (Lipinski definition) is 4. The van der Waals surface area contributed by atoms with Crippen molar-refractivity contribution in [1.29, 1.82) is 5.26 Å². The third-order valence-electron chi connectivity index (χ3n) is 3.89. The van der Waals surface area contributed by atoms with Crippen LogP contribution in [-0.2, 0) is 6.54 Å². The molecule has 1 fully saturated rings. The molecule has 0 radical (unpaired) electrons. The molecule has 0 bridgehead atoms. The van der Waals surface area contributed by atoms with E-state index in [1.807, 2.05) is 24.3 Å². The number of rotatable bonds is 3. The maximum atomic E-state index is 11.8. The minimum atomic E-state index is -0.645. The Morgan fingerprint density at radius 1 is 1.14 bits per heavy atom. The fourth-order valence-electron chi connectivity index (χ4n) is 2.69. The molecule has 0 aliphatic carbocycles. The van der Waals surface area contributed by atoms with Crippen molar-refractivity contribution < 1.29 is 0 Å². The second-order valence-electron chi connectivity index (χ2n) is 5.40. The predicted octanol–water partition coefficient (Wildman–Crippen LogP) is 1.06. The van der Waals surface area contributed by atoms with Crippen molar-refractivity contribution in [2.45, 2.75) is 19.4 Å². The van der Waals surface area contributed by atoms with Crippen molar-refractivity contribution in [3.63, 3.8) is 0 Å². The van der Waals surface area contributed by atoms with Gasteiger partial charge in [-0.2, -0.15) is 5.26 Å². The fourth-order valence-corrected chi connectivity index (χ4v) is 2.69. The summed E-state index contributed by atoms with van der Waals surface area (Å²) in [7, 11) is 0. The smallest absolute Gasteiger partial charge is 0.328 e. The van der Waals surface area contributed by atoms with E-state index in [1.54, 1.807) is 6.07 Å². The fraction of sp³-hybridized carbons (Fsp3) is 0.312. The largest absolute Gasteiger partial charge is 0.372 e. The predicted molar refractivity (Wildman–Crippen MR) is 83.0 cm³/mol. The zero-order valence-electron chi connectivity index (χ0n) is 12.1. The molecule has 0 amide bonds. The van der Waals surface area contributed by atoms with Crippen LogP contribution in [0.1, 0.15) is 24.0 Å². The molecule has 6 heteroatoms. The molecule has 22 heavy (non-hydrogen) atoms. The lowest BCUT2D eigenvalue weighted by Crippen LogP contribution is -2.31. The van der Waals surface area contributed by atoms with E-state index in [2.05, 4.69) is 9.88 Å². The molecule has 0 spiro atoms. The maximum absolute atomic E-state index is 11.8. The average Bonchev–Trinajstić information content (AvgIpc) is 3.05. The summed E-state index contributed by atoms with van der Waals surface area (Å²) in [6.45, 7) is 2.50. The van der Waals surface area contributed by atoms with Gasteiger partial charge in [-0.3, -0.25) is 14.3 Å². The number of aromatic amines is 1. The summed E-state index contributed by atoms with van der Waals surface area (Å²) in [6, 6.07) is 9.81. The van der Waals surface area contributed by atoms with Crippen molar-refractivity contribution in [3.8, 4) is 6.07 Å². The van der Waals surface area contributed by atoms with Crippen molar-refractivity contribution in [1.82, 2.24) is 9.55 Å². The van der Waals surface area contributed by atoms with Crippen LogP contribution in [0.3, 0.4) is 0 Å². The Morgan fingerprint density at radius 2 is 1.82 bits per heavy atom. The lowest BCUT2D eigenvalue weighted by atomic mass is 10.2. The highest BCUT2D eigenvalue weighted by molar-refractivity contribution is 5.48.